The van der Waals surface area contributed by atoms with Crippen LogP contribution in [0.3, 0.4) is 0 Å². The fraction of sp³-hybridized carbons (Fsp3) is 0.615. The van der Waals surface area contributed by atoms with Gasteiger partial charge in [0.25, 0.3) is 0 Å². The van der Waals surface area contributed by atoms with E-state index in [0.29, 0.717) is 10.9 Å². The van der Waals surface area contributed by atoms with Gasteiger partial charge in [-0.3, -0.25) is 0 Å². The number of nitrogens with zero attached hydrogens (tertiary/aromatic N) is 2. The van der Waals surface area contributed by atoms with Gasteiger partial charge < -0.3 is 15.3 Å². The molecule has 6 nitrogen and oxygen atoms in total. The lowest BCUT2D eigenvalue weighted by molar-refractivity contribution is 0.0691. The molecular formula is C13H19N3O3S. The summed E-state index contributed by atoms with van der Waals surface area (Å²) < 4.78 is 0. The van der Waals surface area contributed by atoms with Gasteiger partial charge in [0.2, 0.25) is 0 Å². The Bertz CT molecular complexity index is 503. The molecular weight excluding hydrogens is 278 g/mol. The molecule has 1 aromatic heterocycles. The Morgan fingerprint density at radius 2 is 2.30 bits per heavy atom. The first-order valence-electron chi connectivity index (χ1n) is 6.71. The lowest BCUT2D eigenvalue weighted by atomic mass is 9.92. The Hall–Kier alpha value is -1.63. The van der Waals surface area contributed by atoms with Crippen LogP contribution in [0.4, 0.5) is 4.79 Å². The number of carbonyl (C=O) groups is 2. The molecule has 0 spiro atoms. The van der Waals surface area contributed by atoms with E-state index in [1.807, 2.05) is 4.90 Å². The predicted molar refractivity (Wildman–Crippen MR) is 75.9 cm³/mol. The van der Waals surface area contributed by atoms with E-state index in [-0.39, 0.29) is 24.3 Å². The Morgan fingerprint density at radius 1 is 1.55 bits per heavy atom. The minimum Gasteiger partial charge on any atom is -0.476 e. The summed E-state index contributed by atoms with van der Waals surface area (Å²) in [5, 5.41) is 13.7. The van der Waals surface area contributed by atoms with Gasteiger partial charge in [-0.2, -0.15) is 0 Å². The number of carboxylic acid groups (broad SMARTS) is 1. The zero-order valence-corrected chi connectivity index (χ0v) is 12.4. The number of urea groups is 1. The zero-order valence-electron chi connectivity index (χ0n) is 11.6. The van der Waals surface area contributed by atoms with Gasteiger partial charge in [-0.1, -0.05) is 6.92 Å². The maximum atomic E-state index is 12.1. The molecule has 110 valence electrons. The minimum absolute atomic E-state index is 0.0270. The van der Waals surface area contributed by atoms with Crippen molar-refractivity contribution in [3.8, 4) is 0 Å². The molecule has 2 unspecified atom stereocenters. The molecule has 1 saturated heterocycles. The first kappa shape index (κ1) is 14.8. The maximum absolute atomic E-state index is 12.1. The second kappa shape index (κ2) is 6.21. The number of aromatic carboxylic acids is 1. The number of piperidine rings is 1. The number of rotatable bonds is 3. The van der Waals surface area contributed by atoms with Crippen molar-refractivity contribution < 1.29 is 14.7 Å². The highest BCUT2D eigenvalue weighted by Crippen LogP contribution is 2.22. The van der Waals surface area contributed by atoms with Crippen molar-refractivity contribution in [1.29, 1.82) is 0 Å². The molecule has 2 atom stereocenters. The number of aromatic nitrogens is 1. The SMILES string of the molecule is CC1CCCN(C(=O)NCc2nc(C(=O)O)cs2)C1C. The molecule has 1 aromatic rings. The number of hydrogen-bond acceptors (Lipinski definition) is 4. The molecule has 0 aromatic carbocycles. The average Bonchev–Trinajstić information content (AvgIpc) is 2.88. The van der Waals surface area contributed by atoms with Crippen LogP contribution in [0, 0.1) is 5.92 Å². The van der Waals surface area contributed by atoms with Gasteiger partial charge >= 0.3 is 12.0 Å². The quantitative estimate of drug-likeness (QED) is 0.895. The van der Waals surface area contributed by atoms with Gasteiger partial charge in [-0.05, 0) is 25.7 Å². The van der Waals surface area contributed by atoms with Gasteiger partial charge in [0.1, 0.15) is 5.01 Å². The topological polar surface area (TPSA) is 82.5 Å². The molecule has 0 aliphatic carbocycles. The number of nitrogens with one attached hydrogen (secondary N) is 1. The molecule has 2 heterocycles. The third-order valence-corrected chi connectivity index (χ3v) is 4.64. The van der Waals surface area contributed by atoms with Crippen LogP contribution in [-0.4, -0.2) is 39.6 Å². The van der Waals surface area contributed by atoms with Crippen molar-refractivity contribution in [1.82, 2.24) is 15.2 Å². The van der Waals surface area contributed by atoms with Gasteiger partial charge in [0.15, 0.2) is 5.69 Å². The summed E-state index contributed by atoms with van der Waals surface area (Å²) in [7, 11) is 0. The summed E-state index contributed by atoms with van der Waals surface area (Å²) in [6, 6.07) is 0.130. The number of carboxylic acids is 1. The van der Waals surface area contributed by atoms with E-state index in [2.05, 4.69) is 24.1 Å². The zero-order chi connectivity index (χ0) is 14.7. The summed E-state index contributed by atoms with van der Waals surface area (Å²) >= 11 is 1.24. The molecule has 2 amide bonds. The highest BCUT2D eigenvalue weighted by Gasteiger charge is 2.28. The lowest BCUT2D eigenvalue weighted by Gasteiger charge is -2.37. The van der Waals surface area contributed by atoms with Crippen LogP contribution in [0.1, 0.15) is 42.2 Å². The predicted octanol–water partition coefficient (Wildman–Crippen LogP) is 2.17. The van der Waals surface area contributed by atoms with Gasteiger partial charge in [-0.15, -0.1) is 11.3 Å². The summed E-state index contributed by atoms with van der Waals surface area (Å²) in [5.41, 5.74) is 0.0270. The van der Waals surface area contributed by atoms with E-state index >= 15 is 0 Å². The van der Waals surface area contributed by atoms with E-state index in [1.54, 1.807) is 0 Å². The van der Waals surface area contributed by atoms with Crippen molar-refractivity contribution in [3.05, 3.63) is 16.1 Å². The second-order valence-electron chi connectivity index (χ2n) is 5.14. The fourth-order valence-corrected chi connectivity index (χ4v) is 3.07. The molecule has 1 fully saturated rings. The average molecular weight is 297 g/mol. The molecule has 2 N–H and O–H groups in total. The molecule has 1 aliphatic rings. The van der Waals surface area contributed by atoms with Gasteiger partial charge in [0.05, 0.1) is 6.54 Å². The summed E-state index contributed by atoms with van der Waals surface area (Å²) in [5.74, 6) is -0.537. The number of thiazole rings is 1. The first-order valence-corrected chi connectivity index (χ1v) is 7.59. The van der Waals surface area contributed by atoms with Gasteiger partial charge in [0, 0.05) is 18.0 Å². The standard InChI is InChI=1S/C13H19N3O3S/c1-8-4-3-5-16(9(8)2)13(19)14-6-11-15-10(7-20-11)12(17)18/h7-9H,3-6H2,1-2H3,(H,14,19)(H,17,18). The van der Waals surface area contributed by atoms with Crippen LogP contribution in [0.15, 0.2) is 5.38 Å². The number of hydrogen-bond donors (Lipinski definition) is 2. The molecule has 1 aliphatic heterocycles. The highest BCUT2D eigenvalue weighted by atomic mass is 32.1. The maximum Gasteiger partial charge on any atom is 0.355 e. The summed E-state index contributed by atoms with van der Waals surface area (Å²) in [6.07, 6.45) is 2.18. The third-order valence-electron chi connectivity index (χ3n) is 3.80. The van der Waals surface area contributed by atoms with Crippen LogP contribution >= 0.6 is 11.3 Å². The monoisotopic (exact) mass is 297 g/mol. The summed E-state index contributed by atoms with van der Waals surface area (Å²) in [6.45, 7) is 5.27. The molecule has 0 bridgehead atoms. The van der Waals surface area contributed by atoms with Crippen molar-refractivity contribution in [2.75, 3.05) is 6.54 Å². The first-order chi connectivity index (χ1) is 9.49. The smallest absolute Gasteiger partial charge is 0.355 e. The number of carbonyl (C=O) groups excluding carboxylic acids is 1. The van der Waals surface area contributed by atoms with E-state index in [9.17, 15) is 9.59 Å². The van der Waals surface area contributed by atoms with Crippen molar-refractivity contribution >= 4 is 23.3 Å². The molecule has 20 heavy (non-hydrogen) atoms. The molecule has 2 rings (SSSR count). The Kier molecular flexibility index (Phi) is 4.59. The van der Waals surface area contributed by atoms with Crippen LogP contribution in [0.2, 0.25) is 0 Å². The van der Waals surface area contributed by atoms with Crippen LogP contribution in [0.5, 0.6) is 0 Å². The van der Waals surface area contributed by atoms with Crippen molar-refractivity contribution in [3.63, 3.8) is 0 Å². The number of likely N-dealkylation sites (tertiary alicyclic amines) is 1. The normalized spacial score (nSPS) is 22.6. The second-order valence-corrected chi connectivity index (χ2v) is 6.09. The third kappa shape index (κ3) is 3.27. The Morgan fingerprint density at radius 3 is 2.95 bits per heavy atom. The Balaban J connectivity index is 1.89. The van der Waals surface area contributed by atoms with E-state index in [4.69, 9.17) is 5.11 Å². The number of amides is 2. The van der Waals surface area contributed by atoms with Crippen molar-refractivity contribution in [2.45, 2.75) is 39.3 Å². The largest absolute Gasteiger partial charge is 0.476 e. The molecule has 7 heteroatoms. The van der Waals surface area contributed by atoms with Crippen LogP contribution in [-0.2, 0) is 6.54 Å². The highest BCUT2D eigenvalue weighted by molar-refractivity contribution is 7.09. The van der Waals surface area contributed by atoms with Crippen molar-refractivity contribution in [2.24, 2.45) is 5.92 Å². The van der Waals surface area contributed by atoms with Crippen LogP contribution in [0.25, 0.3) is 0 Å². The molecule has 0 saturated carbocycles. The molecule has 0 radical (unpaired) electrons. The fourth-order valence-electron chi connectivity index (χ4n) is 2.37. The van der Waals surface area contributed by atoms with Crippen LogP contribution < -0.4 is 5.32 Å². The summed E-state index contributed by atoms with van der Waals surface area (Å²) in [4.78, 5) is 28.7. The van der Waals surface area contributed by atoms with E-state index < -0.39 is 5.97 Å². The van der Waals surface area contributed by atoms with Gasteiger partial charge in [-0.25, -0.2) is 14.6 Å². The van der Waals surface area contributed by atoms with E-state index in [0.717, 1.165) is 19.4 Å². The van der Waals surface area contributed by atoms with E-state index in [1.165, 1.54) is 16.7 Å². The Labute approximate surface area is 121 Å². The minimum atomic E-state index is -1.04. The lowest BCUT2D eigenvalue weighted by Crippen LogP contribution is -2.50.